The van der Waals surface area contributed by atoms with Gasteiger partial charge in [-0.15, -0.1) is 0 Å². The Kier molecular flexibility index (Phi) is 6.41. The topological polar surface area (TPSA) is 76.8 Å². The number of para-hydroxylation sites is 1. The summed E-state index contributed by atoms with van der Waals surface area (Å²) in [4.78, 5) is 32.5. The zero-order chi connectivity index (χ0) is 26.6. The van der Waals surface area contributed by atoms with Crippen molar-refractivity contribution in [2.24, 2.45) is 28.7 Å². The van der Waals surface area contributed by atoms with Gasteiger partial charge in [0.2, 0.25) is 0 Å². The van der Waals surface area contributed by atoms with Gasteiger partial charge in [-0.25, -0.2) is 4.68 Å². The molecule has 0 unspecified atom stereocenters. The minimum atomic E-state index is -0.175. The van der Waals surface area contributed by atoms with Crippen molar-refractivity contribution in [3.63, 3.8) is 0 Å². The Morgan fingerprint density at radius 2 is 1.74 bits per heavy atom. The minimum Gasteiger partial charge on any atom is -0.466 e. The molecule has 39 heavy (non-hydrogen) atoms. The van der Waals surface area contributed by atoms with Crippen LogP contribution in [0.4, 0.5) is 0 Å². The van der Waals surface area contributed by atoms with E-state index < -0.39 is 0 Å². The van der Waals surface area contributed by atoms with Crippen molar-refractivity contribution in [1.29, 1.82) is 0 Å². The largest absolute Gasteiger partial charge is 0.466 e. The molecule has 4 aliphatic carbocycles. The molecule has 2 aromatic rings. The molecule has 8 heteroatoms. The molecule has 8 rings (SSSR count). The Labute approximate surface area is 234 Å². The summed E-state index contributed by atoms with van der Waals surface area (Å²) in [6, 6.07) is 10.3. The number of nitrogens with zero attached hydrogens (tertiary/aromatic N) is 4. The molecule has 0 radical (unpaired) electrons. The third-order valence-corrected chi connectivity index (χ3v) is 10.6. The molecule has 2 aliphatic heterocycles. The summed E-state index contributed by atoms with van der Waals surface area (Å²) in [5.74, 6) is 2.09. The van der Waals surface area contributed by atoms with Crippen molar-refractivity contribution in [1.82, 2.24) is 14.7 Å². The summed E-state index contributed by atoms with van der Waals surface area (Å²) in [7, 11) is 0. The Morgan fingerprint density at radius 3 is 2.38 bits per heavy atom. The monoisotopic (exact) mass is 544 g/mol. The van der Waals surface area contributed by atoms with E-state index in [2.05, 4.69) is 34.3 Å². The van der Waals surface area contributed by atoms with Gasteiger partial charge in [-0.1, -0.05) is 18.2 Å². The highest BCUT2D eigenvalue weighted by molar-refractivity contribution is 8.18. The van der Waals surface area contributed by atoms with Crippen molar-refractivity contribution in [2.75, 3.05) is 19.7 Å². The molecule has 1 amide bonds. The highest BCUT2D eigenvalue weighted by atomic mass is 32.2. The number of esters is 1. The first-order valence-electron chi connectivity index (χ1n) is 14.6. The maximum absolute atomic E-state index is 13.1. The molecule has 1 aromatic carbocycles. The number of piperidine rings is 1. The molecular weight excluding hydrogens is 508 g/mol. The highest BCUT2D eigenvalue weighted by Gasteiger charge is 2.53. The van der Waals surface area contributed by atoms with Crippen molar-refractivity contribution in [2.45, 2.75) is 63.7 Å². The zero-order valence-corrected chi connectivity index (χ0v) is 23.4. The summed E-state index contributed by atoms with van der Waals surface area (Å²) in [6.07, 6.45) is 13.4. The number of hydrogen-bond donors (Lipinski definition) is 0. The molecule has 4 bridgehead atoms. The Morgan fingerprint density at radius 1 is 1.08 bits per heavy atom. The van der Waals surface area contributed by atoms with E-state index in [1.54, 1.807) is 0 Å². The van der Waals surface area contributed by atoms with Gasteiger partial charge in [-0.3, -0.25) is 9.59 Å². The molecule has 7 nitrogen and oxygen atoms in total. The normalized spacial score (nSPS) is 31.3. The van der Waals surface area contributed by atoms with E-state index in [1.807, 2.05) is 29.8 Å². The van der Waals surface area contributed by atoms with Crippen molar-refractivity contribution < 1.29 is 14.3 Å². The summed E-state index contributed by atoms with van der Waals surface area (Å²) in [6.45, 7) is 3.67. The van der Waals surface area contributed by atoms with Crippen LogP contribution in [-0.4, -0.2) is 51.4 Å². The second-order valence-electron chi connectivity index (χ2n) is 12.2. The number of amides is 1. The van der Waals surface area contributed by atoms with E-state index in [-0.39, 0.29) is 23.2 Å². The first-order valence-corrected chi connectivity index (χ1v) is 15.4. The number of amidine groups is 1. The highest BCUT2D eigenvalue weighted by Crippen LogP contribution is 2.61. The standard InChI is InChI=1S/C31H36N4O3S/c1-2-38-29(37)23-8-10-34(11-9-23)30-32-28(36)26(39-30)15-24-19-35(25-6-4-3-5-7-25)33-27(24)31-16-20-12-21(17-31)14-22(13-20)18-31/h3-7,15,19-23H,2,8-14,16-18H2,1H3/b26-15-. The van der Waals surface area contributed by atoms with Gasteiger partial charge in [-0.2, -0.15) is 10.1 Å². The second kappa shape index (κ2) is 9.95. The van der Waals surface area contributed by atoms with E-state index in [0.29, 0.717) is 24.6 Å². The molecule has 5 fully saturated rings. The van der Waals surface area contributed by atoms with Crippen molar-refractivity contribution in [3.05, 3.63) is 52.7 Å². The number of thioether (sulfide) groups is 1. The first-order chi connectivity index (χ1) is 19.0. The van der Waals surface area contributed by atoms with Crippen molar-refractivity contribution >= 4 is 34.9 Å². The summed E-state index contributed by atoms with van der Waals surface area (Å²) < 4.78 is 7.22. The Balaban J connectivity index is 1.16. The number of hydrogen-bond acceptors (Lipinski definition) is 6. The maximum atomic E-state index is 13.1. The van der Waals surface area contributed by atoms with E-state index in [4.69, 9.17) is 9.84 Å². The lowest BCUT2D eigenvalue weighted by Crippen LogP contribution is -2.49. The van der Waals surface area contributed by atoms with E-state index in [0.717, 1.165) is 47.0 Å². The van der Waals surface area contributed by atoms with Gasteiger partial charge in [0.25, 0.3) is 5.91 Å². The summed E-state index contributed by atoms with van der Waals surface area (Å²) in [5.41, 5.74) is 3.40. The molecule has 0 atom stereocenters. The minimum absolute atomic E-state index is 0.0643. The number of benzene rings is 1. The number of likely N-dealkylation sites (tertiary alicyclic amines) is 1. The molecule has 6 aliphatic rings. The zero-order valence-electron chi connectivity index (χ0n) is 22.6. The Hall–Kier alpha value is -2.87. The van der Waals surface area contributed by atoms with Crippen molar-refractivity contribution in [3.8, 4) is 5.69 Å². The number of aromatic nitrogens is 2. The lowest BCUT2D eigenvalue weighted by Gasteiger charge is -2.56. The van der Waals surface area contributed by atoms with Crippen LogP contribution in [0.1, 0.15) is 69.5 Å². The van der Waals surface area contributed by atoms with Crippen LogP contribution in [0, 0.1) is 23.7 Å². The fraction of sp³-hybridized carbons (Fsp3) is 0.548. The van der Waals surface area contributed by atoms with Crippen LogP contribution in [0.3, 0.4) is 0 Å². The van der Waals surface area contributed by atoms with Gasteiger partial charge in [0.05, 0.1) is 28.8 Å². The molecule has 0 N–H and O–H groups in total. The fourth-order valence-electron chi connectivity index (χ4n) is 8.26. The number of ether oxygens (including phenoxy) is 1. The molecule has 3 heterocycles. The van der Waals surface area contributed by atoms with Gasteiger partial charge in [0.1, 0.15) is 0 Å². The number of rotatable bonds is 5. The summed E-state index contributed by atoms with van der Waals surface area (Å²) >= 11 is 1.47. The van der Waals surface area contributed by atoms with Crippen LogP contribution >= 0.6 is 11.8 Å². The third-order valence-electron chi connectivity index (χ3n) is 9.59. The van der Waals surface area contributed by atoms with Crippen LogP contribution in [0.25, 0.3) is 11.8 Å². The first kappa shape index (κ1) is 25.1. The second-order valence-corrected chi connectivity index (χ2v) is 13.2. The number of carbonyl (C=O) groups is 2. The average Bonchev–Trinajstić information content (AvgIpc) is 3.53. The van der Waals surface area contributed by atoms with Gasteiger partial charge in [0, 0.05) is 30.3 Å². The van der Waals surface area contributed by atoms with E-state index in [9.17, 15) is 9.59 Å². The van der Waals surface area contributed by atoms with Crippen LogP contribution < -0.4 is 0 Å². The van der Waals surface area contributed by atoms with Crippen LogP contribution in [0.15, 0.2) is 46.4 Å². The smallest absolute Gasteiger partial charge is 0.309 e. The van der Waals surface area contributed by atoms with E-state index >= 15 is 0 Å². The van der Waals surface area contributed by atoms with Crippen LogP contribution in [0.2, 0.25) is 0 Å². The lowest BCUT2D eigenvalue weighted by atomic mass is 9.48. The third kappa shape index (κ3) is 4.64. The molecular formula is C31H36N4O3S. The molecule has 0 spiro atoms. The number of carbonyl (C=O) groups excluding carboxylic acids is 2. The summed E-state index contributed by atoms with van der Waals surface area (Å²) in [5, 5.41) is 6.00. The van der Waals surface area contributed by atoms with Gasteiger partial charge in [-0.05, 0) is 106 Å². The maximum Gasteiger partial charge on any atom is 0.309 e. The van der Waals surface area contributed by atoms with Crippen LogP contribution in [-0.2, 0) is 19.7 Å². The van der Waals surface area contributed by atoms with E-state index in [1.165, 1.54) is 56.0 Å². The lowest BCUT2D eigenvalue weighted by molar-refractivity contribution is -0.149. The quantitative estimate of drug-likeness (QED) is 0.361. The van der Waals surface area contributed by atoms with Gasteiger partial charge in [0.15, 0.2) is 5.17 Å². The molecule has 1 aromatic heterocycles. The Bertz CT molecular complexity index is 1300. The predicted molar refractivity (Wildman–Crippen MR) is 152 cm³/mol. The van der Waals surface area contributed by atoms with Gasteiger partial charge >= 0.3 is 5.97 Å². The predicted octanol–water partition coefficient (Wildman–Crippen LogP) is 5.59. The molecule has 4 saturated carbocycles. The SMILES string of the molecule is CCOC(=O)C1CCN(C2=NC(=O)/C(=C/c3cn(-c4ccccc4)nc3C34CC5CC(CC(C5)C3)C4)S2)CC1. The van der Waals surface area contributed by atoms with Crippen LogP contribution in [0.5, 0.6) is 0 Å². The van der Waals surface area contributed by atoms with Gasteiger partial charge < -0.3 is 9.64 Å². The fourth-order valence-corrected chi connectivity index (χ4v) is 9.22. The average molecular weight is 545 g/mol. The molecule has 204 valence electrons. The number of aliphatic imine (C=N–C) groups is 1. The molecule has 1 saturated heterocycles.